The first kappa shape index (κ1) is 11.2. The van der Waals surface area contributed by atoms with E-state index in [2.05, 4.69) is 0 Å². The largest absolute Gasteiger partial charge is 0.399 e. The zero-order chi connectivity index (χ0) is 12.7. The maximum atomic E-state index is 12.3. The number of rotatable bonds is 1. The van der Waals surface area contributed by atoms with Crippen molar-refractivity contribution >= 4 is 17.5 Å². The van der Waals surface area contributed by atoms with Crippen LogP contribution in [0.2, 0.25) is 0 Å². The van der Waals surface area contributed by atoms with Crippen molar-refractivity contribution in [1.82, 2.24) is 4.90 Å². The number of nitrogens with two attached hydrogens (primary N) is 1. The van der Waals surface area contributed by atoms with Gasteiger partial charge in [0.25, 0.3) is 11.8 Å². The van der Waals surface area contributed by atoms with E-state index in [0.29, 0.717) is 42.9 Å². The molecule has 0 aromatic heterocycles. The summed E-state index contributed by atoms with van der Waals surface area (Å²) in [5, 5.41) is 0. The minimum atomic E-state index is -0.228. The molecule has 3 rings (SSSR count). The Morgan fingerprint density at radius 1 is 1.11 bits per heavy atom. The number of carbonyl (C=O) groups excluding carboxylic acids is 2. The molecule has 0 atom stereocenters. The lowest BCUT2D eigenvalue weighted by molar-refractivity contribution is 0.0295. The van der Waals surface area contributed by atoms with Gasteiger partial charge in [0.05, 0.1) is 11.1 Å². The summed E-state index contributed by atoms with van der Waals surface area (Å²) in [5.41, 5.74) is 7.05. The van der Waals surface area contributed by atoms with Crippen LogP contribution < -0.4 is 5.73 Å². The van der Waals surface area contributed by atoms with Crippen LogP contribution in [-0.2, 0) is 4.74 Å². The van der Waals surface area contributed by atoms with E-state index in [-0.39, 0.29) is 17.9 Å². The Hall–Kier alpha value is -1.88. The highest BCUT2D eigenvalue weighted by Crippen LogP contribution is 2.29. The average Bonchev–Trinajstić information content (AvgIpc) is 2.63. The summed E-state index contributed by atoms with van der Waals surface area (Å²) >= 11 is 0. The van der Waals surface area contributed by atoms with Gasteiger partial charge in [0.1, 0.15) is 0 Å². The third-order valence-electron chi connectivity index (χ3n) is 3.50. The molecule has 1 fully saturated rings. The highest BCUT2D eigenvalue weighted by molar-refractivity contribution is 6.21. The molecule has 2 heterocycles. The molecule has 0 bridgehead atoms. The summed E-state index contributed by atoms with van der Waals surface area (Å²) in [4.78, 5) is 25.9. The quantitative estimate of drug-likeness (QED) is 0.593. The minimum Gasteiger partial charge on any atom is -0.399 e. The normalized spacial score (nSPS) is 20.3. The molecular formula is C13H14N2O3. The summed E-state index contributed by atoms with van der Waals surface area (Å²) in [7, 11) is 0. The fraction of sp³-hybridized carbons (Fsp3) is 0.385. The predicted octanol–water partition coefficient (Wildman–Crippen LogP) is 1.04. The maximum absolute atomic E-state index is 12.3. The number of nitrogen functional groups attached to an aromatic ring is 1. The van der Waals surface area contributed by atoms with Crippen molar-refractivity contribution in [3.05, 3.63) is 29.3 Å². The molecule has 1 aromatic rings. The Labute approximate surface area is 105 Å². The van der Waals surface area contributed by atoms with Crippen LogP contribution in [0.3, 0.4) is 0 Å². The van der Waals surface area contributed by atoms with Crippen molar-refractivity contribution < 1.29 is 14.3 Å². The summed E-state index contributed by atoms with van der Waals surface area (Å²) in [6.45, 7) is 1.19. The molecule has 1 saturated heterocycles. The number of hydrogen-bond donors (Lipinski definition) is 1. The van der Waals surface area contributed by atoms with Crippen molar-refractivity contribution in [2.75, 3.05) is 18.9 Å². The number of hydrogen-bond acceptors (Lipinski definition) is 4. The van der Waals surface area contributed by atoms with E-state index in [1.165, 1.54) is 4.90 Å². The second-order valence-corrected chi connectivity index (χ2v) is 4.63. The van der Waals surface area contributed by atoms with Gasteiger partial charge in [0.2, 0.25) is 0 Å². The standard InChI is InChI=1S/C13H14N2O3/c14-8-1-2-10-11(7-8)13(17)15(12(10)16)9-3-5-18-6-4-9/h1-2,7,9H,3-6,14H2. The summed E-state index contributed by atoms with van der Waals surface area (Å²) in [5.74, 6) is -0.434. The Balaban J connectivity index is 1.96. The van der Waals surface area contributed by atoms with Crippen molar-refractivity contribution in [2.24, 2.45) is 0 Å². The topological polar surface area (TPSA) is 72.6 Å². The van der Waals surface area contributed by atoms with Crippen molar-refractivity contribution in [2.45, 2.75) is 18.9 Å². The van der Waals surface area contributed by atoms with Crippen LogP contribution >= 0.6 is 0 Å². The first-order valence-electron chi connectivity index (χ1n) is 6.03. The molecule has 18 heavy (non-hydrogen) atoms. The Kier molecular flexibility index (Phi) is 2.56. The second kappa shape index (κ2) is 4.10. The third-order valence-corrected chi connectivity index (χ3v) is 3.50. The van der Waals surface area contributed by atoms with Crippen LogP contribution in [0.25, 0.3) is 0 Å². The summed E-state index contributed by atoms with van der Waals surface area (Å²) in [6.07, 6.45) is 1.42. The molecule has 5 nitrogen and oxygen atoms in total. The fourth-order valence-corrected chi connectivity index (χ4v) is 2.55. The zero-order valence-corrected chi connectivity index (χ0v) is 9.89. The molecule has 2 N–H and O–H groups in total. The van der Waals surface area contributed by atoms with Gasteiger partial charge in [-0.3, -0.25) is 14.5 Å². The molecule has 5 heteroatoms. The second-order valence-electron chi connectivity index (χ2n) is 4.63. The van der Waals surface area contributed by atoms with Gasteiger partial charge in [0, 0.05) is 24.9 Å². The Morgan fingerprint density at radius 3 is 2.50 bits per heavy atom. The zero-order valence-electron chi connectivity index (χ0n) is 9.89. The van der Waals surface area contributed by atoms with E-state index in [1.807, 2.05) is 0 Å². The highest BCUT2D eigenvalue weighted by atomic mass is 16.5. The number of fused-ring (bicyclic) bond motifs is 1. The lowest BCUT2D eigenvalue weighted by Gasteiger charge is -2.29. The number of imide groups is 1. The van der Waals surface area contributed by atoms with Crippen LogP contribution in [0.4, 0.5) is 5.69 Å². The Bertz CT molecular complexity index is 521. The van der Waals surface area contributed by atoms with E-state index in [1.54, 1.807) is 18.2 Å². The van der Waals surface area contributed by atoms with E-state index in [9.17, 15) is 9.59 Å². The number of benzene rings is 1. The van der Waals surface area contributed by atoms with E-state index < -0.39 is 0 Å². The van der Waals surface area contributed by atoms with Crippen LogP contribution in [0.15, 0.2) is 18.2 Å². The maximum Gasteiger partial charge on any atom is 0.261 e. The fourth-order valence-electron chi connectivity index (χ4n) is 2.55. The average molecular weight is 246 g/mol. The van der Waals surface area contributed by atoms with Gasteiger partial charge in [-0.25, -0.2) is 0 Å². The molecule has 0 radical (unpaired) electrons. The highest BCUT2D eigenvalue weighted by Gasteiger charge is 2.40. The number of ether oxygens (including phenoxy) is 1. The van der Waals surface area contributed by atoms with E-state index in [4.69, 9.17) is 10.5 Å². The van der Waals surface area contributed by atoms with Crippen LogP contribution in [0, 0.1) is 0 Å². The predicted molar refractivity (Wildman–Crippen MR) is 65.2 cm³/mol. The minimum absolute atomic E-state index is 0.0487. The molecule has 0 spiro atoms. The van der Waals surface area contributed by atoms with Gasteiger partial charge >= 0.3 is 0 Å². The van der Waals surface area contributed by atoms with Crippen molar-refractivity contribution in [3.8, 4) is 0 Å². The number of carbonyl (C=O) groups is 2. The van der Waals surface area contributed by atoms with Gasteiger partial charge in [0.15, 0.2) is 0 Å². The summed E-state index contributed by atoms with van der Waals surface area (Å²) in [6, 6.07) is 4.81. The van der Waals surface area contributed by atoms with Crippen molar-refractivity contribution in [3.63, 3.8) is 0 Å². The number of anilines is 1. The molecule has 0 saturated carbocycles. The molecular weight excluding hydrogens is 232 g/mol. The van der Waals surface area contributed by atoms with Gasteiger partial charge < -0.3 is 10.5 Å². The van der Waals surface area contributed by atoms with E-state index >= 15 is 0 Å². The smallest absolute Gasteiger partial charge is 0.261 e. The first-order chi connectivity index (χ1) is 8.68. The van der Waals surface area contributed by atoms with Crippen molar-refractivity contribution in [1.29, 1.82) is 0 Å². The van der Waals surface area contributed by atoms with Crippen LogP contribution in [0.1, 0.15) is 33.6 Å². The van der Waals surface area contributed by atoms with Crippen LogP contribution in [0.5, 0.6) is 0 Å². The monoisotopic (exact) mass is 246 g/mol. The molecule has 1 aromatic carbocycles. The molecule has 2 aliphatic rings. The number of nitrogens with zero attached hydrogens (tertiary/aromatic N) is 1. The SMILES string of the molecule is Nc1ccc2c(c1)C(=O)N(C1CCOCC1)C2=O. The van der Waals surface area contributed by atoms with Gasteiger partial charge in [-0.1, -0.05) is 0 Å². The lowest BCUT2D eigenvalue weighted by atomic mass is 10.1. The molecule has 94 valence electrons. The molecule has 2 amide bonds. The molecule has 2 aliphatic heterocycles. The first-order valence-corrected chi connectivity index (χ1v) is 6.03. The van der Waals surface area contributed by atoms with Gasteiger partial charge in [-0.2, -0.15) is 0 Å². The Morgan fingerprint density at radius 2 is 1.78 bits per heavy atom. The third kappa shape index (κ3) is 1.59. The van der Waals surface area contributed by atoms with Gasteiger partial charge in [-0.05, 0) is 31.0 Å². The molecule has 0 unspecified atom stereocenters. The van der Waals surface area contributed by atoms with Crippen LogP contribution in [-0.4, -0.2) is 36.0 Å². The molecule has 0 aliphatic carbocycles. The lowest BCUT2D eigenvalue weighted by Crippen LogP contribution is -2.43. The summed E-state index contributed by atoms with van der Waals surface area (Å²) < 4.78 is 5.26. The number of amides is 2. The van der Waals surface area contributed by atoms with Gasteiger partial charge in [-0.15, -0.1) is 0 Å². The van der Waals surface area contributed by atoms with E-state index in [0.717, 1.165) is 0 Å².